The number of alkyl halides is 6. The Morgan fingerprint density at radius 2 is 1.50 bits per heavy atom. The molecule has 0 aliphatic heterocycles. The fourth-order valence-electron chi connectivity index (χ4n) is 1.82. The Balaban J connectivity index is 2.45. The van der Waals surface area contributed by atoms with E-state index in [4.69, 9.17) is 74.3 Å². The summed E-state index contributed by atoms with van der Waals surface area (Å²) in [6, 6.07) is 4.97. The average Bonchev–Trinajstić information content (AvgIpc) is 2.57. The zero-order valence-corrected chi connectivity index (χ0v) is 17.4. The van der Waals surface area contributed by atoms with Crippen molar-refractivity contribution in [2.75, 3.05) is 7.11 Å². The third-order valence-electron chi connectivity index (χ3n) is 2.97. The van der Waals surface area contributed by atoms with E-state index in [0.717, 1.165) is 0 Å². The highest BCUT2D eigenvalue weighted by Crippen LogP contribution is 2.40. The highest BCUT2D eigenvalue weighted by molar-refractivity contribution is 6.67. The van der Waals surface area contributed by atoms with Crippen LogP contribution in [-0.2, 0) is 7.59 Å². The molecule has 5 nitrogen and oxygen atoms in total. The summed E-state index contributed by atoms with van der Waals surface area (Å²) in [5.41, 5.74) is 1.13. The Bertz CT molecular complexity index is 814. The van der Waals surface area contributed by atoms with Gasteiger partial charge in [-0.1, -0.05) is 81.7 Å². The summed E-state index contributed by atoms with van der Waals surface area (Å²) in [5.74, 6) is 0.155. The van der Waals surface area contributed by atoms with Crippen LogP contribution in [0.25, 0.3) is 12.2 Å². The maximum atomic E-state index is 10.9. The Morgan fingerprint density at radius 3 is 1.96 bits per heavy atom. The van der Waals surface area contributed by atoms with E-state index in [1.54, 1.807) is 24.3 Å². The van der Waals surface area contributed by atoms with Crippen molar-refractivity contribution >= 4 is 88.0 Å². The number of carbonyl (C=O) groups is 1. The Morgan fingerprint density at radius 1 is 0.923 bits per heavy atom. The number of aromatic nitrogens is 3. The van der Waals surface area contributed by atoms with Crippen LogP contribution in [0.15, 0.2) is 18.2 Å². The molecule has 0 amide bonds. The van der Waals surface area contributed by atoms with Crippen molar-refractivity contribution in [3.8, 4) is 5.75 Å². The maximum Gasteiger partial charge on any atom is 0.250 e. The van der Waals surface area contributed by atoms with Crippen LogP contribution in [0.3, 0.4) is 0 Å². The minimum atomic E-state index is -1.93. The number of aldehydes is 1. The van der Waals surface area contributed by atoms with Gasteiger partial charge in [-0.3, -0.25) is 4.79 Å². The number of benzene rings is 1. The summed E-state index contributed by atoms with van der Waals surface area (Å²) < 4.78 is 1.29. The van der Waals surface area contributed by atoms with Gasteiger partial charge in [0.25, 0.3) is 0 Å². The number of hydrogen-bond donors (Lipinski definition) is 0. The molecule has 0 N–H and O–H groups in total. The molecule has 1 aromatic carbocycles. The minimum Gasteiger partial charge on any atom is -0.496 e. The molecule has 1 heterocycles. The van der Waals surface area contributed by atoms with Gasteiger partial charge in [0, 0.05) is 0 Å². The van der Waals surface area contributed by atoms with Crippen LogP contribution < -0.4 is 4.74 Å². The molecule has 0 saturated heterocycles. The van der Waals surface area contributed by atoms with Gasteiger partial charge < -0.3 is 4.74 Å². The number of ether oxygens (including phenoxy) is 1. The maximum absolute atomic E-state index is 10.9. The van der Waals surface area contributed by atoms with Crippen molar-refractivity contribution in [1.29, 1.82) is 0 Å². The number of nitrogens with zero attached hydrogens (tertiary/aromatic N) is 3. The number of carbonyl (C=O) groups excluding carboxylic acids is 1. The minimum absolute atomic E-state index is 0.112. The second-order valence-electron chi connectivity index (χ2n) is 4.79. The smallest absolute Gasteiger partial charge is 0.250 e. The van der Waals surface area contributed by atoms with Gasteiger partial charge in [-0.15, -0.1) is 0 Å². The zero-order chi connectivity index (χ0) is 19.5. The lowest BCUT2D eigenvalue weighted by molar-refractivity contribution is 0.112. The lowest BCUT2D eigenvalue weighted by Gasteiger charge is -2.14. The molecular weight excluding hydrogens is 467 g/mol. The predicted molar refractivity (Wildman–Crippen MR) is 106 cm³/mol. The van der Waals surface area contributed by atoms with Gasteiger partial charge in [0.2, 0.25) is 7.59 Å². The molecule has 0 saturated carbocycles. The van der Waals surface area contributed by atoms with Crippen LogP contribution in [0.5, 0.6) is 5.75 Å². The van der Waals surface area contributed by atoms with Crippen LogP contribution >= 0.6 is 69.6 Å². The van der Waals surface area contributed by atoms with Crippen LogP contribution in [0.2, 0.25) is 0 Å². The van der Waals surface area contributed by atoms with Gasteiger partial charge in [0.05, 0.1) is 12.7 Å². The summed E-state index contributed by atoms with van der Waals surface area (Å²) >= 11 is 34.9. The predicted octanol–water partition coefficient (Wildman–Crippen LogP) is 5.52. The van der Waals surface area contributed by atoms with Gasteiger partial charge in [-0.2, -0.15) is 0 Å². The SMILES string of the molecule is COc1cc(/C=C/c2nc(C(Cl)(Cl)Cl)nc(C(Cl)(Cl)Cl)n2)ccc1C=O. The Hall–Kier alpha value is -0.820. The van der Waals surface area contributed by atoms with Gasteiger partial charge in [0.1, 0.15) is 5.75 Å². The molecule has 138 valence electrons. The third kappa shape index (κ3) is 5.59. The van der Waals surface area contributed by atoms with Gasteiger partial charge in [-0.05, 0) is 23.8 Å². The molecule has 0 unspecified atom stereocenters. The van der Waals surface area contributed by atoms with Crippen molar-refractivity contribution in [2.24, 2.45) is 0 Å². The van der Waals surface area contributed by atoms with E-state index >= 15 is 0 Å². The second kappa shape index (κ2) is 8.46. The lowest BCUT2D eigenvalue weighted by atomic mass is 10.1. The van der Waals surface area contributed by atoms with Crippen LogP contribution in [0, 0.1) is 0 Å². The van der Waals surface area contributed by atoms with E-state index < -0.39 is 7.59 Å². The lowest BCUT2D eigenvalue weighted by Crippen LogP contribution is -2.16. The summed E-state index contributed by atoms with van der Waals surface area (Å²) in [4.78, 5) is 22.9. The molecule has 0 aliphatic carbocycles. The topological polar surface area (TPSA) is 65.0 Å². The molecule has 0 aliphatic rings. The van der Waals surface area contributed by atoms with Crippen molar-refractivity contribution in [3.05, 3.63) is 46.8 Å². The fourth-order valence-corrected chi connectivity index (χ4v) is 2.33. The van der Waals surface area contributed by atoms with E-state index in [1.165, 1.54) is 13.2 Å². The monoisotopic (exact) mass is 473 g/mol. The molecule has 0 fully saturated rings. The molecule has 11 heteroatoms. The molecule has 2 aromatic rings. The van der Waals surface area contributed by atoms with Crippen molar-refractivity contribution in [3.63, 3.8) is 0 Å². The quantitative estimate of drug-likeness (QED) is 0.430. The largest absolute Gasteiger partial charge is 0.496 e. The molecular formula is C15H9Cl6N3O2. The first-order chi connectivity index (χ1) is 12.0. The van der Waals surface area contributed by atoms with Crippen molar-refractivity contribution in [1.82, 2.24) is 15.0 Å². The first-order valence-corrected chi connectivity index (χ1v) is 9.03. The summed E-state index contributed by atoms with van der Waals surface area (Å²) in [6.45, 7) is 0. The summed E-state index contributed by atoms with van der Waals surface area (Å²) in [5, 5.41) is 0. The molecule has 2 rings (SSSR count). The van der Waals surface area contributed by atoms with Crippen molar-refractivity contribution in [2.45, 2.75) is 7.59 Å². The Kier molecular flexibility index (Phi) is 6.99. The zero-order valence-electron chi connectivity index (χ0n) is 12.9. The van der Waals surface area contributed by atoms with Gasteiger partial charge in [-0.25, -0.2) is 15.0 Å². The second-order valence-corrected chi connectivity index (χ2v) is 9.35. The number of methoxy groups -OCH3 is 1. The van der Waals surface area contributed by atoms with Crippen LogP contribution in [0.1, 0.15) is 33.4 Å². The highest BCUT2D eigenvalue weighted by atomic mass is 35.6. The van der Waals surface area contributed by atoms with Gasteiger partial charge in [0.15, 0.2) is 23.8 Å². The standard InChI is InChI=1S/C15H9Cl6N3O2/c1-26-10-6-8(2-4-9(10)7-25)3-5-11-22-12(14(16,17)18)24-13(23-11)15(19,20)21/h2-7H,1H3/b5-3+. The molecule has 0 bridgehead atoms. The summed E-state index contributed by atoms with van der Waals surface area (Å²) in [7, 11) is 1.46. The van der Waals surface area contributed by atoms with E-state index in [-0.39, 0.29) is 17.5 Å². The van der Waals surface area contributed by atoms with Gasteiger partial charge >= 0.3 is 0 Å². The molecule has 0 atom stereocenters. The first-order valence-electron chi connectivity index (χ1n) is 6.76. The molecule has 0 radical (unpaired) electrons. The van der Waals surface area contributed by atoms with Crippen LogP contribution in [-0.4, -0.2) is 28.3 Å². The van der Waals surface area contributed by atoms with Crippen molar-refractivity contribution < 1.29 is 9.53 Å². The summed E-state index contributed by atoms with van der Waals surface area (Å²) in [6.07, 6.45) is 3.85. The van der Waals surface area contributed by atoms with E-state index in [1.807, 2.05) is 0 Å². The van der Waals surface area contributed by atoms with E-state index in [9.17, 15) is 4.79 Å². The van der Waals surface area contributed by atoms with E-state index in [0.29, 0.717) is 23.2 Å². The molecule has 0 spiro atoms. The number of halogens is 6. The highest BCUT2D eigenvalue weighted by Gasteiger charge is 2.33. The molecule has 26 heavy (non-hydrogen) atoms. The fraction of sp³-hybridized carbons (Fsp3) is 0.200. The van der Waals surface area contributed by atoms with E-state index in [2.05, 4.69) is 15.0 Å². The Labute approximate surface area is 179 Å². The third-order valence-corrected chi connectivity index (χ3v) is 3.98. The normalized spacial score (nSPS) is 12.4. The number of hydrogen-bond acceptors (Lipinski definition) is 5. The first kappa shape index (κ1) is 21.5. The number of rotatable bonds is 4. The van der Waals surface area contributed by atoms with Crippen LogP contribution in [0.4, 0.5) is 0 Å². The average molecular weight is 476 g/mol. The molecule has 1 aromatic heterocycles.